The predicted molar refractivity (Wildman–Crippen MR) is 80.9 cm³/mol. The summed E-state index contributed by atoms with van der Waals surface area (Å²) in [6.07, 6.45) is 0.834. The molecule has 1 nitrogen and oxygen atoms in total. The van der Waals surface area contributed by atoms with Crippen LogP contribution in [0.3, 0.4) is 0 Å². The first kappa shape index (κ1) is 14.4. The second kappa shape index (κ2) is 6.42. The Balaban J connectivity index is 2.18. The molecule has 0 aliphatic carbocycles. The van der Waals surface area contributed by atoms with Crippen LogP contribution in [0.1, 0.15) is 29.7 Å². The van der Waals surface area contributed by atoms with Crippen LogP contribution >= 0.6 is 23.2 Å². The molecule has 1 N–H and O–H groups in total. The Kier molecular flexibility index (Phi) is 4.87. The lowest BCUT2D eigenvalue weighted by Crippen LogP contribution is -2.03. The van der Waals surface area contributed by atoms with Gasteiger partial charge in [0, 0.05) is 22.0 Å². The van der Waals surface area contributed by atoms with E-state index in [1.807, 2.05) is 12.1 Å². The first-order chi connectivity index (χ1) is 9.11. The predicted octanol–water partition coefficient (Wildman–Crippen LogP) is 4.83. The normalized spacial score (nSPS) is 12.4. The molecule has 0 fully saturated rings. The summed E-state index contributed by atoms with van der Waals surface area (Å²) in [5, 5.41) is 11.3. The van der Waals surface area contributed by atoms with Crippen molar-refractivity contribution in [1.29, 1.82) is 0 Å². The van der Waals surface area contributed by atoms with Gasteiger partial charge in [0.05, 0.1) is 6.10 Å². The van der Waals surface area contributed by atoms with Crippen LogP contribution in [-0.2, 0) is 12.8 Å². The summed E-state index contributed by atoms with van der Waals surface area (Å²) in [5.41, 5.74) is 2.96. The van der Waals surface area contributed by atoms with Crippen molar-refractivity contribution < 1.29 is 5.11 Å². The lowest BCUT2D eigenvalue weighted by Gasteiger charge is -2.14. The second-order valence-electron chi connectivity index (χ2n) is 4.53. The summed E-state index contributed by atoms with van der Waals surface area (Å²) in [5.74, 6) is 0. The fourth-order valence-electron chi connectivity index (χ4n) is 2.07. The minimum Gasteiger partial charge on any atom is -0.388 e. The Hall–Kier alpha value is -1.02. The van der Waals surface area contributed by atoms with Gasteiger partial charge in [-0.3, -0.25) is 0 Å². The molecule has 0 aliphatic heterocycles. The Morgan fingerprint density at radius 3 is 2.00 bits per heavy atom. The first-order valence-corrected chi connectivity index (χ1v) is 7.07. The minimum absolute atomic E-state index is 0.505. The Bertz CT molecular complexity index is 529. The Morgan fingerprint density at radius 2 is 1.47 bits per heavy atom. The zero-order chi connectivity index (χ0) is 13.8. The third-order valence-electron chi connectivity index (χ3n) is 3.19. The summed E-state index contributed by atoms with van der Waals surface area (Å²) in [6.45, 7) is 2.12. The van der Waals surface area contributed by atoms with Crippen molar-refractivity contribution in [2.75, 3.05) is 0 Å². The SMILES string of the molecule is CCc1ccc(CC(O)c2c(Cl)cccc2Cl)cc1. The maximum absolute atomic E-state index is 10.3. The molecule has 2 aromatic carbocycles. The summed E-state index contributed by atoms with van der Waals surface area (Å²) in [7, 11) is 0. The van der Waals surface area contributed by atoms with Crippen LogP contribution in [0.2, 0.25) is 10.0 Å². The molecule has 3 heteroatoms. The largest absolute Gasteiger partial charge is 0.388 e. The summed E-state index contributed by atoms with van der Waals surface area (Å²) in [6, 6.07) is 13.5. The van der Waals surface area contributed by atoms with E-state index in [9.17, 15) is 5.11 Å². The number of benzene rings is 2. The molecule has 0 heterocycles. The number of hydrogen-bond acceptors (Lipinski definition) is 1. The molecule has 0 bridgehead atoms. The highest BCUT2D eigenvalue weighted by atomic mass is 35.5. The molecule has 1 atom stereocenters. The van der Waals surface area contributed by atoms with Crippen molar-refractivity contribution in [3.8, 4) is 0 Å². The Labute approximate surface area is 123 Å². The van der Waals surface area contributed by atoms with Crippen LogP contribution in [0.15, 0.2) is 42.5 Å². The van der Waals surface area contributed by atoms with Gasteiger partial charge in [-0.25, -0.2) is 0 Å². The van der Waals surface area contributed by atoms with E-state index in [4.69, 9.17) is 23.2 Å². The van der Waals surface area contributed by atoms with Gasteiger partial charge in [0.15, 0.2) is 0 Å². The Morgan fingerprint density at radius 1 is 0.947 bits per heavy atom. The number of aliphatic hydroxyl groups excluding tert-OH is 1. The lowest BCUT2D eigenvalue weighted by atomic mass is 10.00. The minimum atomic E-state index is -0.686. The average Bonchev–Trinajstić information content (AvgIpc) is 2.39. The fourth-order valence-corrected chi connectivity index (χ4v) is 2.71. The van der Waals surface area contributed by atoms with Gasteiger partial charge in [0.2, 0.25) is 0 Å². The molecule has 2 aromatic rings. The molecule has 0 saturated heterocycles. The molecule has 2 rings (SSSR count). The van der Waals surface area contributed by atoms with Crippen LogP contribution < -0.4 is 0 Å². The zero-order valence-corrected chi connectivity index (χ0v) is 12.2. The summed E-state index contributed by atoms with van der Waals surface area (Å²) >= 11 is 12.2. The van der Waals surface area contributed by atoms with Crippen LogP contribution in [0, 0.1) is 0 Å². The third-order valence-corrected chi connectivity index (χ3v) is 3.85. The third kappa shape index (κ3) is 3.50. The van der Waals surface area contributed by atoms with E-state index in [0.717, 1.165) is 12.0 Å². The van der Waals surface area contributed by atoms with Crippen molar-refractivity contribution in [1.82, 2.24) is 0 Å². The van der Waals surface area contributed by atoms with E-state index in [-0.39, 0.29) is 0 Å². The summed E-state index contributed by atoms with van der Waals surface area (Å²) in [4.78, 5) is 0. The molecule has 0 radical (unpaired) electrons. The maximum Gasteiger partial charge on any atom is 0.0859 e. The van der Waals surface area contributed by atoms with E-state index in [0.29, 0.717) is 22.0 Å². The highest BCUT2D eigenvalue weighted by Crippen LogP contribution is 2.32. The van der Waals surface area contributed by atoms with E-state index in [1.165, 1.54) is 5.56 Å². The monoisotopic (exact) mass is 294 g/mol. The molecule has 0 spiro atoms. The van der Waals surface area contributed by atoms with Crippen molar-refractivity contribution >= 4 is 23.2 Å². The smallest absolute Gasteiger partial charge is 0.0859 e. The molecule has 0 aliphatic rings. The highest BCUT2D eigenvalue weighted by molar-refractivity contribution is 6.36. The number of rotatable bonds is 4. The van der Waals surface area contributed by atoms with Crippen LogP contribution in [0.4, 0.5) is 0 Å². The molecule has 0 aromatic heterocycles. The molecule has 0 amide bonds. The topological polar surface area (TPSA) is 20.2 Å². The molecule has 0 saturated carbocycles. The van der Waals surface area contributed by atoms with E-state index in [2.05, 4.69) is 19.1 Å². The van der Waals surface area contributed by atoms with E-state index >= 15 is 0 Å². The standard InChI is InChI=1S/C16H16Cl2O/c1-2-11-6-8-12(9-7-11)10-15(19)16-13(17)4-3-5-14(16)18/h3-9,15,19H,2,10H2,1H3. The number of aliphatic hydroxyl groups is 1. The van der Waals surface area contributed by atoms with Crippen LogP contribution in [0.25, 0.3) is 0 Å². The zero-order valence-electron chi connectivity index (χ0n) is 10.7. The summed E-state index contributed by atoms with van der Waals surface area (Å²) < 4.78 is 0. The van der Waals surface area contributed by atoms with Gasteiger partial charge < -0.3 is 5.11 Å². The van der Waals surface area contributed by atoms with Crippen molar-refractivity contribution in [3.63, 3.8) is 0 Å². The van der Waals surface area contributed by atoms with Crippen LogP contribution in [0.5, 0.6) is 0 Å². The molecular weight excluding hydrogens is 279 g/mol. The fraction of sp³-hybridized carbons (Fsp3) is 0.250. The first-order valence-electron chi connectivity index (χ1n) is 6.31. The number of hydrogen-bond donors (Lipinski definition) is 1. The van der Waals surface area contributed by atoms with Gasteiger partial charge in [0.1, 0.15) is 0 Å². The van der Waals surface area contributed by atoms with Gasteiger partial charge in [-0.05, 0) is 29.7 Å². The molecule has 100 valence electrons. The van der Waals surface area contributed by atoms with Crippen molar-refractivity contribution in [2.24, 2.45) is 0 Å². The quantitative estimate of drug-likeness (QED) is 0.856. The van der Waals surface area contributed by atoms with Gasteiger partial charge >= 0.3 is 0 Å². The van der Waals surface area contributed by atoms with Gasteiger partial charge in [0.25, 0.3) is 0 Å². The van der Waals surface area contributed by atoms with E-state index in [1.54, 1.807) is 18.2 Å². The molecular formula is C16H16Cl2O. The average molecular weight is 295 g/mol. The number of halogens is 2. The number of aryl methyl sites for hydroxylation is 1. The van der Waals surface area contributed by atoms with Gasteiger partial charge in [-0.15, -0.1) is 0 Å². The highest BCUT2D eigenvalue weighted by Gasteiger charge is 2.15. The second-order valence-corrected chi connectivity index (χ2v) is 5.34. The lowest BCUT2D eigenvalue weighted by molar-refractivity contribution is 0.178. The molecule has 1 unspecified atom stereocenters. The van der Waals surface area contributed by atoms with Crippen LogP contribution in [-0.4, -0.2) is 5.11 Å². The van der Waals surface area contributed by atoms with Gasteiger partial charge in [-0.2, -0.15) is 0 Å². The van der Waals surface area contributed by atoms with Gasteiger partial charge in [-0.1, -0.05) is 60.5 Å². The van der Waals surface area contributed by atoms with Crippen molar-refractivity contribution in [2.45, 2.75) is 25.9 Å². The maximum atomic E-state index is 10.3. The van der Waals surface area contributed by atoms with E-state index < -0.39 is 6.10 Å². The van der Waals surface area contributed by atoms with Crippen molar-refractivity contribution in [3.05, 3.63) is 69.2 Å². The molecule has 19 heavy (non-hydrogen) atoms.